The number of nitrogens with zero attached hydrogens (tertiary/aromatic N) is 1. The van der Waals surface area contributed by atoms with Crippen LogP contribution in [-0.2, 0) is 14.8 Å². The van der Waals surface area contributed by atoms with Gasteiger partial charge in [-0.3, -0.25) is 0 Å². The van der Waals surface area contributed by atoms with Crippen molar-refractivity contribution >= 4 is 10.0 Å². The fourth-order valence-electron chi connectivity index (χ4n) is 3.43. The highest BCUT2D eigenvalue weighted by Crippen LogP contribution is 2.48. The van der Waals surface area contributed by atoms with Crippen LogP contribution in [0.25, 0.3) is 0 Å². The monoisotopic (exact) mass is 277 g/mol. The molecule has 0 unspecified atom stereocenters. The molecule has 1 aromatic rings. The number of hydrogen-bond acceptors (Lipinski definition) is 3. The number of rotatable bonds is 2. The van der Waals surface area contributed by atoms with Crippen molar-refractivity contribution in [2.75, 3.05) is 13.1 Å². The number of ether oxygens (including phenoxy) is 1. The summed E-state index contributed by atoms with van der Waals surface area (Å²) in [7, 11) is -3.39. The van der Waals surface area contributed by atoms with Crippen molar-refractivity contribution in [1.29, 1.82) is 0 Å². The van der Waals surface area contributed by atoms with Crippen LogP contribution in [0.5, 0.6) is 0 Å². The van der Waals surface area contributed by atoms with Crippen LogP contribution in [0.4, 0.5) is 0 Å². The molecule has 0 aliphatic carbocycles. The minimum absolute atomic E-state index is 0.201. The summed E-state index contributed by atoms with van der Waals surface area (Å²) in [5, 5.41) is 0. The summed E-state index contributed by atoms with van der Waals surface area (Å²) in [5.41, 5.74) is -0.355. The third kappa shape index (κ3) is 1.55. The Kier molecular flexibility index (Phi) is 2.26. The minimum atomic E-state index is -3.39. The first-order chi connectivity index (χ1) is 9.10. The number of benzene rings is 1. The van der Waals surface area contributed by atoms with Crippen molar-refractivity contribution in [2.45, 2.75) is 23.0 Å². The maximum absolute atomic E-state index is 12.6. The molecule has 0 radical (unpaired) electrons. The molecule has 2 fully saturated rings. The van der Waals surface area contributed by atoms with E-state index >= 15 is 0 Å². The molecule has 100 valence electrons. The molecule has 19 heavy (non-hydrogen) atoms. The van der Waals surface area contributed by atoms with Gasteiger partial charge in [0.25, 0.3) is 0 Å². The van der Waals surface area contributed by atoms with Crippen molar-refractivity contribution in [2.24, 2.45) is 5.92 Å². The van der Waals surface area contributed by atoms with Gasteiger partial charge in [-0.05, 0) is 18.6 Å². The standard InChI is InChI=1S/C14H15NO3S/c16-19(17,13-4-2-1-3-5-13)15-9-11-8-12-6-7-14(11,10-15)18-12/h1-7,11-12H,8-10H2/t11-,12+,14+/m1/s1. The van der Waals surface area contributed by atoms with Crippen LogP contribution in [0, 0.1) is 5.92 Å². The first kappa shape index (κ1) is 11.6. The van der Waals surface area contributed by atoms with Gasteiger partial charge in [0.05, 0.1) is 11.0 Å². The van der Waals surface area contributed by atoms with E-state index in [-0.39, 0.29) is 11.7 Å². The van der Waals surface area contributed by atoms with E-state index < -0.39 is 10.0 Å². The molecule has 3 heterocycles. The number of sulfonamides is 1. The lowest BCUT2D eigenvalue weighted by Gasteiger charge is -2.22. The van der Waals surface area contributed by atoms with E-state index in [0.717, 1.165) is 6.42 Å². The predicted octanol–water partition coefficient (Wildman–Crippen LogP) is 1.40. The third-order valence-corrected chi connectivity index (χ3v) is 6.23. The van der Waals surface area contributed by atoms with Crippen LogP contribution in [0.2, 0.25) is 0 Å². The lowest BCUT2D eigenvalue weighted by atomic mass is 9.86. The third-order valence-electron chi connectivity index (χ3n) is 4.40. The van der Waals surface area contributed by atoms with Gasteiger partial charge in [-0.1, -0.05) is 30.4 Å². The molecule has 1 aromatic carbocycles. The van der Waals surface area contributed by atoms with E-state index in [4.69, 9.17) is 4.74 Å². The summed E-state index contributed by atoms with van der Waals surface area (Å²) >= 11 is 0. The first-order valence-electron chi connectivity index (χ1n) is 6.53. The lowest BCUT2D eigenvalue weighted by Crippen LogP contribution is -2.35. The van der Waals surface area contributed by atoms with Gasteiger partial charge < -0.3 is 4.74 Å². The van der Waals surface area contributed by atoms with Crippen LogP contribution >= 0.6 is 0 Å². The van der Waals surface area contributed by atoms with E-state index in [0.29, 0.717) is 23.9 Å². The fraction of sp³-hybridized carbons (Fsp3) is 0.429. The maximum Gasteiger partial charge on any atom is 0.243 e. The quantitative estimate of drug-likeness (QED) is 0.768. The van der Waals surface area contributed by atoms with E-state index in [1.54, 1.807) is 28.6 Å². The Labute approximate surface area is 112 Å². The smallest absolute Gasteiger partial charge is 0.243 e. The number of fused-ring (bicyclic) bond motifs is 1. The molecule has 0 N–H and O–H groups in total. The van der Waals surface area contributed by atoms with Crippen molar-refractivity contribution < 1.29 is 13.2 Å². The van der Waals surface area contributed by atoms with Gasteiger partial charge in [0.2, 0.25) is 10.0 Å². The van der Waals surface area contributed by atoms with Gasteiger partial charge >= 0.3 is 0 Å². The van der Waals surface area contributed by atoms with Gasteiger partial charge in [-0.15, -0.1) is 0 Å². The molecule has 0 amide bonds. The second-order valence-electron chi connectivity index (χ2n) is 5.51. The maximum atomic E-state index is 12.6. The summed E-state index contributed by atoms with van der Waals surface area (Å²) in [6.45, 7) is 1.01. The Morgan fingerprint density at radius 2 is 2.05 bits per heavy atom. The van der Waals surface area contributed by atoms with Gasteiger partial charge in [0.1, 0.15) is 5.60 Å². The van der Waals surface area contributed by atoms with Gasteiger partial charge in [0, 0.05) is 19.0 Å². The minimum Gasteiger partial charge on any atom is -0.362 e. The van der Waals surface area contributed by atoms with Gasteiger partial charge in [0.15, 0.2) is 0 Å². The Bertz CT molecular complexity index is 640. The Hall–Kier alpha value is -1.17. The molecule has 3 aliphatic rings. The van der Waals surface area contributed by atoms with Crippen molar-refractivity contribution in [1.82, 2.24) is 4.31 Å². The molecule has 3 aliphatic heterocycles. The summed E-state index contributed by atoms with van der Waals surface area (Å²) in [6, 6.07) is 8.63. The molecule has 5 heteroatoms. The molecule has 0 aromatic heterocycles. The summed E-state index contributed by atoms with van der Waals surface area (Å²) in [5.74, 6) is 0.306. The Morgan fingerprint density at radius 1 is 1.26 bits per heavy atom. The highest BCUT2D eigenvalue weighted by molar-refractivity contribution is 7.89. The molecule has 4 rings (SSSR count). The highest BCUT2D eigenvalue weighted by atomic mass is 32.2. The van der Waals surface area contributed by atoms with Crippen molar-refractivity contribution in [3.8, 4) is 0 Å². The summed E-state index contributed by atoms with van der Waals surface area (Å²) in [6.07, 6.45) is 5.27. The van der Waals surface area contributed by atoms with E-state index in [1.807, 2.05) is 6.07 Å². The molecular formula is C14H15NO3S. The van der Waals surface area contributed by atoms with E-state index in [1.165, 1.54) is 0 Å². The van der Waals surface area contributed by atoms with Crippen molar-refractivity contribution in [3.63, 3.8) is 0 Å². The van der Waals surface area contributed by atoms with Crippen LogP contribution in [-0.4, -0.2) is 37.5 Å². The zero-order valence-electron chi connectivity index (χ0n) is 10.4. The van der Waals surface area contributed by atoms with Crippen LogP contribution in [0.3, 0.4) is 0 Å². The zero-order chi connectivity index (χ0) is 13.1. The Balaban J connectivity index is 1.67. The first-order valence-corrected chi connectivity index (χ1v) is 7.97. The number of hydrogen-bond donors (Lipinski definition) is 0. The van der Waals surface area contributed by atoms with Crippen LogP contribution < -0.4 is 0 Å². The largest absolute Gasteiger partial charge is 0.362 e. The normalized spacial score (nSPS) is 36.8. The molecule has 2 saturated heterocycles. The molecular weight excluding hydrogens is 262 g/mol. The average Bonchev–Trinajstić information content (AvgIpc) is 3.06. The summed E-state index contributed by atoms with van der Waals surface area (Å²) in [4.78, 5) is 0.366. The second kappa shape index (κ2) is 3.69. The zero-order valence-corrected chi connectivity index (χ0v) is 11.2. The molecule has 2 bridgehead atoms. The lowest BCUT2D eigenvalue weighted by molar-refractivity contribution is 0.0291. The average molecular weight is 277 g/mol. The molecule has 4 nitrogen and oxygen atoms in total. The topological polar surface area (TPSA) is 46.6 Å². The van der Waals surface area contributed by atoms with Crippen LogP contribution in [0.1, 0.15) is 6.42 Å². The van der Waals surface area contributed by atoms with E-state index in [2.05, 4.69) is 12.2 Å². The SMILES string of the molecule is O=S(=O)(c1ccccc1)N1C[C@H]2C[C@@H]3C=C[C@@]2(C1)O3. The molecule has 0 saturated carbocycles. The summed E-state index contributed by atoms with van der Waals surface area (Å²) < 4.78 is 32.7. The van der Waals surface area contributed by atoms with E-state index in [9.17, 15) is 8.42 Å². The molecule has 3 atom stereocenters. The predicted molar refractivity (Wildman–Crippen MR) is 70.1 cm³/mol. The highest BCUT2D eigenvalue weighted by Gasteiger charge is 2.57. The Morgan fingerprint density at radius 3 is 2.74 bits per heavy atom. The second-order valence-corrected chi connectivity index (χ2v) is 7.45. The van der Waals surface area contributed by atoms with Gasteiger partial charge in [-0.2, -0.15) is 4.31 Å². The van der Waals surface area contributed by atoms with Crippen molar-refractivity contribution in [3.05, 3.63) is 42.5 Å². The molecule has 1 spiro atoms. The fourth-order valence-corrected chi connectivity index (χ4v) is 4.98. The van der Waals surface area contributed by atoms with Gasteiger partial charge in [-0.25, -0.2) is 8.42 Å². The van der Waals surface area contributed by atoms with Crippen LogP contribution in [0.15, 0.2) is 47.4 Å².